The molecular formula is C17H22N4O2S. The number of hydrogen-bond acceptors (Lipinski definition) is 5. The lowest BCUT2D eigenvalue weighted by Crippen LogP contribution is -2.47. The Bertz CT molecular complexity index is 720. The summed E-state index contributed by atoms with van der Waals surface area (Å²) in [5.41, 5.74) is 2.41. The maximum absolute atomic E-state index is 12.9. The minimum Gasteiger partial charge on any atom is -0.290 e. The molecule has 1 unspecified atom stereocenters. The molecule has 6 nitrogen and oxygen atoms in total. The monoisotopic (exact) mass is 346 g/mol. The van der Waals surface area contributed by atoms with E-state index < -0.39 is 0 Å². The summed E-state index contributed by atoms with van der Waals surface area (Å²) in [6.45, 7) is 5.81. The molecule has 1 fully saturated rings. The highest BCUT2D eigenvalue weighted by molar-refractivity contribution is 7.10. The van der Waals surface area contributed by atoms with Gasteiger partial charge in [0.1, 0.15) is 6.04 Å². The molecule has 2 aliphatic rings. The Morgan fingerprint density at radius 1 is 1.42 bits per heavy atom. The van der Waals surface area contributed by atoms with Crippen LogP contribution in [0.5, 0.6) is 0 Å². The van der Waals surface area contributed by atoms with Crippen LogP contribution in [0, 0.1) is 6.92 Å². The zero-order valence-electron chi connectivity index (χ0n) is 13.9. The van der Waals surface area contributed by atoms with Crippen LogP contribution in [0.4, 0.5) is 0 Å². The first kappa shape index (κ1) is 15.8. The molecule has 128 valence electrons. The van der Waals surface area contributed by atoms with E-state index in [0.717, 1.165) is 31.6 Å². The van der Waals surface area contributed by atoms with Crippen molar-refractivity contribution in [3.63, 3.8) is 0 Å². The molecule has 2 aromatic rings. The zero-order valence-corrected chi connectivity index (χ0v) is 14.7. The summed E-state index contributed by atoms with van der Waals surface area (Å²) in [6, 6.07) is 3.85. The third-order valence-electron chi connectivity index (χ3n) is 4.73. The number of hydrogen-bond donors (Lipinski definition) is 0. The van der Waals surface area contributed by atoms with Crippen LogP contribution in [0.3, 0.4) is 0 Å². The van der Waals surface area contributed by atoms with E-state index in [1.54, 1.807) is 22.6 Å². The summed E-state index contributed by atoms with van der Waals surface area (Å²) in [6.07, 6.45) is 3.81. The fourth-order valence-electron chi connectivity index (χ4n) is 3.37. The van der Waals surface area contributed by atoms with Gasteiger partial charge in [0.05, 0.1) is 12.3 Å². The molecule has 7 heteroatoms. The fourth-order valence-corrected chi connectivity index (χ4v) is 4.32. The average Bonchev–Trinajstić information content (AvgIpc) is 3.24. The van der Waals surface area contributed by atoms with Gasteiger partial charge >= 0.3 is 0 Å². The van der Waals surface area contributed by atoms with E-state index in [-0.39, 0.29) is 11.9 Å². The SMILES string of the molecule is Cc1ccsc1CN1Cc2ccnn2C(C(=O)N2CCCCO2)C1. The number of amides is 1. The molecule has 2 aromatic heterocycles. The maximum Gasteiger partial charge on any atom is 0.272 e. The fraction of sp³-hybridized carbons (Fsp3) is 0.529. The molecule has 1 amide bonds. The molecule has 4 heterocycles. The van der Waals surface area contributed by atoms with Gasteiger partial charge in [-0.3, -0.25) is 19.2 Å². The molecule has 4 rings (SSSR count). The minimum atomic E-state index is -0.304. The second kappa shape index (κ2) is 6.66. The van der Waals surface area contributed by atoms with Gasteiger partial charge in [0.15, 0.2) is 0 Å². The summed E-state index contributed by atoms with van der Waals surface area (Å²) in [4.78, 5) is 22.2. The molecular weight excluding hydrogens is 324 g/mol. The Hall–Kier alpha value is -1.70. The van der Waals surface area contributed by atoms with Crippen molar-refractivity contribution in [3.8, 4) is 0 Å². The topological polar surface area (TPSA) is 50.6 Å². The molecule has 1 saturated heterocycles. The van der Waals surface area contributed by atoms with Gasteiger partial charge in [0, 0.05) is 37.3 Å². The van der Waals surface area contributed by atoms with Crippen molar-refractivity contribution in [3.05, 3.63) is 39.8 Å². The number of rotatable bonds is 3. The van der Waals surface area contributed by atoms with Crippen LogP contribution >= 0.6 is 11.3 Å². The van der Waals surface area contributed by atoms with Gasteiger partial charge in [0.25, 0.3) is 5.91 Å². The molecule has 0 aromatic carbocycles. The largest absolute Gasteiger partial charge is 0.290 e. The Morgan fingerprint density at radius 2 is 2.33 bits per heavy atom. The van der Waals surface area contributed by atoms with Gasteiger partial charge in [-0.15, -0.1) is 11.3 Å². The lowest BCUT2D eigenvalue weighted by atomic mass is 10.1. The Balaban J connectivity index is 1.54. The van der Waals surface area contributed by atoms with Crippen LogP contribution in [0.1, 0.15) is 35.0 Å². The predicted molar refractivity (Wildman–Crippen MR) is 91.3 cm³/mol. The van der Waals surface area contributed by atoms with Crippen molar-refractivity contribution in [2.24, 2.45) is 0 Å². The van der Waals surface area contributed by atoms with Crippen LogP contribution in [-0.2, 0) is 22.7 Å². The van der Waals surface area contributed by atoms with Crippen LogP contribution in [-0.4, -0.2) is 45.3 Å². The number of nitrogens with zero attached hydrogens (tertiary/aromatic N) is 4. The first-order chi connectivity index (χ1) is 11.7. The maximum atomic E-state index is 12.9. The average molecular weight is 346 g/mol. The molecule has 0 spiro atoms. The number of aryl methyl sites for hydroxylation is 1. The van der Waals surface area contributed by atoms with Crippen LogP contribution in [0.2, 0.25) is 0 Å². The summed E-state index contributed by atoms with van der Waals surface area (Å²) < 4.78 is 1.87. The van der Waals surface area contributed by atoms with Crippen molar-refractivity contribution in [2.75, 3.05) is 19.7 Å². The second-order valence-electron chi connectivity index (χ2n) is 6.46. The number of carbonyl (C=O) groups is 1. The quantitative estimate of drug-likeness (QED) is 0.856. The Kier molecular flexibility index (Phi) is 4.39. The van der Waals surface area contributed by atoms with E-state index in [4.69, 9.17) is 4.84 Å². The molecule has 0 saturated carbocycles. The summed E-state index contributed by atoms with van der Waals surface area (Å²) in [7, 11) is 0. The van der Waals surface area contributed by atoms with Gasteiger partial charge in [-0.25, -0.2) is 5.06 Å². The highest BCUT2D eigenvalue weighted by Gasteiger charge is 2.35. The minimum absolute atomic E-state index is 0.0206. The van der Waals surface area contributed by atoms with Gasteiger partial charge in [0.2, 0.25) is 0 Å². The first-order valence-electron chi connectivity index (χ1n) is 8.44. The van der Waals surface area contributed by atoms with E-state index in [1.165, 1.54) is 10.4 Å². The predicted octanol–water partition coefficient (Wildman–Crippen LogP) is 2.36. The molecule has 2 aliphatic heterocycles. The van der Waals surface area contributed by atoms with E-state index in [1.807, 2.05) is 10.7 Å². The van der Waals surface area contributed by atoms with Gasteiger partial charge in [-0.1, -0.05) is 0 Å². The van der Waals surface area contributed by atoms with Gasteiger partial charge in [-0.05, 0) is 42.8 Å². The van der Waals surface area contributed by atoms with E-state index in [9.17, 15) is 4.79 Å². The summed E-state index contributed by atoms with van der Waals surface area (Å²) in [5.74, 6) is 0.0206. The third-order valence-corrected chi connectivity index (χ3v) is 5.74. The summed E-state index contributed by atoms with van der Waals surface area (Å²) >= 11 is 1.78. The Labute approximate surface area is 145 Å². The molecule has 0 bridgehead atoms. The van der Waals surface area contributed by atoms with E-state index >= 15 is 0 Å². The van der Waals surface area contributed by atoms with Crippen molar-refractivity contribution >= 4 is 17.2 Å². The van der Waals surface area contributed by atoms with E-state index in [2.05, 4.69) is 28.4 Å². The van der Waals surface area contributed by atoms with Crippen LogP contribution < -0.4 is 0 Å². The summed E-state index contributed by atoms with van der Waals surface area (Å²) in [5, 5.41) is 8.06. The third kappa shape index (κ3) is 2.99. The van der Waals surface area contributed by atoms with Gasteiger partial charge in [-0.2, -0.15) is 5.10 Å². The normalized spacial score (nSPS) is 21.7. The zero-order chi connectivity index (χ0) is 16.5. The Morgan fingerprint density at radius 3 is 3.08 bits per heavy atom. The lowest BCUT2D eigenvalue weighted by Gasteiger charge is -2.36. The van der Waals surface area contributed by atoms with Crippen LogP contribution in [0.25, 0.3) is 0 Å². The van der Waals surface area contributed by atoms with Gasteiger partial charge < -0.3 is 0 Å². The number of fused-ring (bicyclic) bond motifs is 1. The van der Waals surface area contributed by atoms with Crippen molar-refractivity contribution in [1.82, 2.24) is 19.7 Å². The van der Waals surface area contributed by atoms with Crippen molar-refractivity contribution in [1.29, 1.82) is 0 Å². The second-order valence-corrected chi connectivity index (χ2v) is 7.46. The van der Waals surface area contributed by atoms with E-state index in [0.29, 0.717) is 19.7 Å². The van der Waals surface area contributed by atoms with Crippen molar-refractivity contribution < 1.29 is 9.63 Å². The molecule has 0 aliphatic carbocycles. The molecule has 0 N–H and O–H groups in total. The number of thiophene rings is 1. The molecule has 0 radical (unpaired) electrons. The molecule has 24 heavy (non-hydrogen) atoms. The highest BCUT2D eigenvalue weighted by atomic mass is 32.1. The number of hydroxylamine groups is 2. The number of aromatic nitrogens is 2. The standard InChI is InChI=1S/C17H22N4O2S/c1-13-5-9-24-16(13)12-19-10-14-4-6-18-21(14)15(11-19)17(22)20-7-2-3-8-23-20/h4-6,9,15H,2-3,7-8,10-12H2,1H3. The lowest BCUT2D eigenvalue weighted by molar-refractivity contribution is -0.201. The first-order valence-corrected chi connectivity index (χ1v) is 9.32. The highest BCUT2D eigenvalue weighted by Crippen LogP contribution is 2.26. The van der Waals surface area contributed by atoms with Crippen molar-refractivity contribution in [2.45, 2.75) is 38.9 Å². The van der Waals surface area contributed by atoms with Crippen LogP contribution in [0.15, 0.2) is 23.7 Å². The smallest absolute Gasteiger partial charge is 0.272 e. The molecule has 1 atom stereocenters. The number of carbonyl (C=O) groups excluding carboxylic acids is 1.